The van der Waals surface area contributed by atoms with Crippen LogP contribution < -0.4 is 10.1 Å². The molecule has 3 aromatic rings. The third kappa shape index (κ3) is 5.09. The van der Waals surface area contributed by atoms with E-state index in [9.17, 15) is 9.90 Å². The van der Waals surface area contributed by atoms with E-state index in [0.717, 1.165) is 60.0 Å². The van der Waals surface area contributed by atoms with Crippen molar-refractivity contribution in [3.63, 3.8) is 0 Å². The van der Waals surface area contributed by atoms with Gasteiger partial charge in [0.1, 0.15) is 11.4 Å². The molecule has 1 aliphatic carbocycles. The normalized spacial score (nSPS) is 20.2. The first kappa shape index (κ1) is 24.3. The van der Waals surface area contributed by atoms with Gasteiger partial charge in [-0.25, -0.2) is 14.5 Å². The van der Waals surface area contributed by atoms with Crippen LogP contribution in [0.2, 0.25) is 0 Å². The lowest BCUT2D eigenvalue weighted by molar-refractivity contribution is 0.0224. The first-order valence-electron chi connectivity index (χ1n) is 12.5. The molecule has 5 rings (SSSR count). The Hall–Kier alpha value is -3.40. The van der Waals surface area contributed by atoms with Gasteiger partial charge in [0.15, 0.2) is 5.65 Å². The number of rotatable bonds is 4. The smallest absolute Gasteiger partial charge is 0.410 e. The summed E-state index contributed by atoms with van der Waals surface area (Å²) in [7, 11) is 1.64. The Morgan fingerprint density at radius 2 is 1.92 bits per heavy atom. The number of ether oxygens (including phenoxy) is 2. The second kappa shape index (κ2) is 9.57. The topological polar surface area (TPSA) is 115 Å². The molecule has 2 aromatic heterocycles. The summed E-state index contributed by atoms with van der Waals surface area (Å²) in [6.07, 6.45) is 7.03. The molecule has 0 saturated heterocycles. The molecule has 1 aromatic carbocycles. The van der Waals surface area contributed by atoms with Crippen molar-refractivity contribution in [3.8, 4) is 5.75 Å². The molecule has 192 valence electrons. The third-order valence-electron chi connectivity index (χ3n) is 6.78. The minimum absolute atomic E-state index is 0.214. The number of carbonyl (C=O) groups is 1. The molecule has 2 aliphatic rings. The van der Waals surface area contributed by atoms with E-state index in [-0.39, 0.29) is 18.2 Å². The number of hydrogen-bond acceptors (Lipinski definition) is 8. The van der Waals surface area contributed by atoms with E-state index < -0.39 is 5.60 Å². The number of anilines is 2. The zero-order chi connectivity index (χ0) is 25.4. The van der Waals surface area contributed by atoms with E-state index in [2.05, 4.69) is 15.4 Å². The van der Waals surface area contributed by atoms with Crippen LogP contribution in [-0.4, -0.2) is 61.2 Å². The van der Waals surface area contributed by atoms with Crippen molar-refractivity contribution in [1.29, 1.82) is 0 Å². The first-order valence-corrected chi connectivity index (χ1v) is 12.5. The standard InChI is InChI=1S/C26H34N6O4/c1-26(2,3)36-25(34)31-10-9-16-12-22(35-4)21(11-17(16)15-31)29-24-27-13-18-14-28-32(23(18)30-24)19-5-7-20(33)8-6-19/h11-14,19-20,33H,5-10,15H2,1-4H3,(H,27,29,30)/t19-,20-. The van der Waals surface area contributed by atoms with Crippen molar-refractivity contribution < 1.29 is 19.4 Å². The number of nitrogens with zero attached hydrogens (tertiary/aromatic N) is 5. The van der Waals surface area contributed by atoms with E-state index in [1.807, 2.05) is 37.6 Å². The van der Waals surface area contributed by atoms with E-state index >= 15 is 0 Å². The average Bonchev–Trinajstić information content (AvgIpc) is 3.26. The Balaban J connectivity index is 1.39. The second-order valence-corrected chi connectivity index (χ2v) is 10.6. The summed E-state index contributed by atoms with van der Waals surface area (Å²) in [5, 5.41) is 18.6. The van der Waals surface area contributed by atoms with Crippen molar-refractivity contribution >= 4 is 28.8 Å². The molecular weight excluding hydrogens is 460 g/mol. The maximum atomic E-state index is 12.6. The molecule has 1 fully saturated rings. The van der Waals surface area contributed by atoms with Crippen LogP contribution in [0.5, 0.6) is 5.75 Å². The minimum Gasteiger partial charge on any atom is -0.495 e. The Morgan fingerprint density at radius 3 is 2.64 bits per heavy atom. The molecule has 1 amide bonds. The summed E-state index contributed by atoms with van der Waals surface area (Å²) < 4.78 is 13.2. The first-order chi connectivity index (χ1) is 17.2. The molecule has 10 nitrogen and oxygen atoms in total. The predicted molar refractivity (Wildman–Crippen MR) is 135 cm³/mol. The summed E-state index contributed by atoms with van der Waals surface area (Å²) in [4.78, 5) is 23.6. The summed E-state index contributed by atoms with van der Waals surface area (Å²) in [5.41, 5.74) is 3.13. The van der Waals surface area contributed by atoms with Crippen molar-refractivity contribution in [1.82, 2.24) is 24.6 Å². The number of carbonyl (C=O) groups excluding carboxylic acids is 1. The Bertz CT molecular complexity index is 1260. The van der Waals surface area contributed by atoms with Crippen LogP contribution in [0.4, 0.5) is 16.4 Å². The molecule has 2 N–H and O–H groups in total. The van der Waals surface area contributed by atoms with Gasteiger partial charge in [-0.15, -0.1) is 0 Å². The molecule has 0 bridgehead atoms. The number of hydrogen-bond donors (Lipinski definition) is 2. The highest BCUT2D eigenvalue weighted by Crippen LogP contribution is 2.34. The fourth-order valence-corrected chi connectivity index (χ4v) is 4.92. The van der Waals surface area contributed by atoms with Gasteiger partial charge in [-0.05, 0) is 76.1 Å². The molecule has 36 heavy (non-hydrogen) atoms. The number of benzene rings is 1. The molecule has 0 spiro atoms. The summed E-state index contributed by atoms with van der Waals surface area (Å²) in [5.74, 6) is 1.14. The molecular formula is C26H34N6O4. The molecule has 3 heterocycles. The van der Waals surface area contributed by atoms with Crippen LogP contribution in [0.1, 0.15) is 63.6 Å². The number of fused-ring (bicyclic) bond motifs is 2. The van der Waals surface area contributed by atoms with Crippen molar-refractivity contribution in [3.05, 3.63) is 35.7 Å². The summed E-state index contributed by atoms with van der Waals surface area (Å²) >= 11 is 0. The second-order valence-electron chi connectivity index (χ2n) is 10.6. The minimum atomic E-state index is -0.538. The van der Waals surface area contributed by atoms with E-state index in [0.29, 0.717) is 24.8 Å². The Kier molecular flexibility index (Phi) is 6.46. The fraction of sp³-hybridized carbons (Fsp3) is 0.538. The van der Waals surface area contributed by atoms with Gasteiger partial charge in [0.25, 0.3) is 0 Å². The van der Waals surface area contributed by atoms with Gasteiger partial charge >= 0.3 is 6.09 Å². The zero-order valence-corrected chi connectivity index (χ0v) is 21.3. The lowest BCUT2D eigenvalue weighted by Gasteiger charge is -2.31. The SMILES string of the molecule is COc1cc2c(cc1Nc1ncc3cnn([C@H]4CC[C@H](O)CC4)c3n1)CN(C(=O)OC(C)(C)C)CC2. The van der Waals surface area contributed by atoms with Crippen molar-refractivity contribution in [2.75, 3.05) is 19.0 Å². The largest absolute Gasteiger partial charge is 0.495 e. The van der Waals surface area contributed by atoms with Crippen molar-refractivity contribution in [2.45, 2.75) is 77.2 Å². The van der Waals surface area contributed by atoms with Crippen LogP contribution in [0, 0.1) is 0 Å². The quantitative estimate of drug-likeness (QED) is 0.550. The highest BCUT2D eigenvalue weighted by atomic mass is 16.6. The van der Waals surface area contributed by atoms with Crippen molar-refractivity contribution in [2.24, 2.45) is 0 Å². The molecule has 10 heteroatoms. The molecule has 1 saturated carbocycles. The van der Waals surface area contributed by atoms with Gasteiger partial charge < -0.3 is 24.8 Å². The monoisotopic (exact) mass is 494 g/mol. The number of aliphatic hydroxyl groups is 1. The average molecular weight is 495 g/mol. The Morgan fingerprint density at radius 1 is 1.14 bits per heavy atom. The summed E-state index contributed by atoms with van der Waals surface area (Å²) in [6, 6.07) is 4.23. The van der Waals surface area contributed by atoms with Crippen LogP contribution in [0.15, 0.2) is 24.5 Å². The van der Waals surface area contributed by atoms with Crippen LogP contribution >= 0.6 is 0 Å². The maximum Gasteiger partial charge on any atom is 0.410 e. The zero-order valence-electron chi connectivity index (χ0n) is 21.3. The van der Waals surface area contributed by atoms with Gasteiger partial charge in [0, 0.05) is 19.3 Å². The van der Waals surface area contributed by atoms with Gasteiger partial charge in [0.05, 0.1) is 36.5 Å². The Labute approximate surface area is 210 Å². The van der Waals surface area contributed by atoms with Gasteiger partial charge in [-0.1, -0.05) is 0 Å². The van der Waals surface area contributed by atoms with E-state index in [4.69, 9.17) is 14.5 Å². The lowest BCUT2D eigenvalue weighted by Crippen LogP contribution is -2.39. The van der Waals surface area contributed by atoms with E-state index in [1.165, 1.54) is 0 Å². The van der Waals surface area contributed by atoms with E-state index in [1.54, 1.807) is 24.4 Å². The number of amides is 1. The fourth-order valence-electron chi connectivity index (χ4n) is 4.92. The molecule has 0 unspecified atom stereocenters. The van der Waals surface area contributed by atoms with Crippen LogP contribution in [0.3, 0.4) is 0 Å². The number of aliphatic hydroxyl groups excluding tert-OH is 1. The highest BCUT2D eigenvalue weighted by molar-refractivity contribution is 5.76. The van der Waals surface area contributed by atoms with Gasteiger partial charge in [0.2, 0.25) is 5.95 Å². The lowest BCUT2D eigenvalue weighted by atomic mass is 9.93. The number of methoxy groups -OCH3 is 1. The van der Waals surface area contributed by atoms with Gasteiger partial charge in [-0.3, -0.25) is 0 Å². The number of nitrogens with one attached hydrogen (secondary N) is 1. The molecule has 0 radical (unpaired) electrons. The highest BCUT2D eigenvalue weighted by Gasteiger charge is 2.27. The molecule has 1 aliphatic heterocycles. The third-order valence-corrected chi connectivity index (χ3v) is 6.78. The van der Waals surface area contributed by atoms with Gasteiger partial charge in [-0.2, -0.15) is 10.1 Å². The molecule has 0 atom stereocenters. The van der Waals surface area contributed by atoms with Crippen LogP contribution in [-0.2, 0) is 17.7 Å². The number of aromatic nitrogens is 4. The van der Waals surface area contributed by atoms with Crippen LogP contribution in [0.25, 0.3) is 11.0 Å². The maximum absolute atomic E-state index is 12.6. The summed E-state index contributed by atoms with van der Waals surface area (Å²) in [6.45, 7) is 6.67. The predicted octanol–water partition coefficient (Wildman–Crippen LogP) is 4.35.